The molecule has 0 aliphatic heterocycles. The SMILES string of the molecule is CC(C)NS(=O)(=O)OC#CC(C)OC(=O)Nc1cccc(C(F)(F)F)c1. The van der Waals surface area contributed by atoms with E-state index in [1.54, 1.807) is 13.8 Å². The summed E-state index contributed by atoms with van der Waals surface area (Å²) >= 11 is 0. The van der Waals surface area contributed by atoms with Crippen LogP contribution in [0.5, 0.6) is 0 Å². The number of carbonyl (C=O) groups is 1. The Morgan fingerprint density at radius 3 is 2.46 bits per heavy atom. The summed E-state index contributed by atoms with van der Waals surface area (Å²) in [6.07, 6.45) is -4.81. The molecule has 1 aromatic carbocycles. The normalized spacial score (nSPS) is 12.7. The van der Waals surface area contributed by atoms with Gasteiger partial charge in [-0.2, -0.15) is 26.3 Å². The van der Waals surface area contributed by atoms with E-state index in [-0.39, 0.29) is 5.69 Å². The Labute approximate surface area is 149 Å². The van der Waals surface area contributed by atoms with Crippen LogP contribution in [0.25, 0.3) is 0 Å². The van der Waals surface area contributed by atoms with Crippen LogP contribution in [0.3, 0.4) is 0 Å². The second kappa shape index (κ2) is 8.77. The number of ether oxygens (including phenoxy) is 1. The molecule has 1 atom stereocenters. The molecule has 0 fully saturated rings. The molecule has 1 amide bonds. The van der Waals surface area contributed by atoms with Crippen LogP contribution in [-0.2, 0) is 25.4 Å². The molecule has 0 heterocycles. The Morgan fingerprint density at radius 2 is 1.88 bits per heavy atom. The topological polar surface area (TPSA) is 93.7 Å². The van der Waals surface area contributed by atoms with Crippen LogP contribution in [0.2, 0.25) is 0 Å². The highest BCUT2D eigenvalue weighted by Gasteiger charge is 2.30. The molecular formula is C15H17F3N2O5S. The van der Waals surface area contributed by atoms with E-state index < -0.39 is 40.3 Å². The summed E-state index contributed by atoms with van der Waals surface area (Å²) in [5.74, 6) is 2.21. The fraction of sp³-hybridized carbons (Fsp3) is 0.400. The Bertz CT molecular complexity index is 797. The first-order chi connectivity index (χ1) is 11.9. The van der Waals surface area contributed by atoms with Crippen LogP contribution >= 0.6 is 0 Å². The van der Waals surface area contributed by atoms with E-state index in [9.17, 15) is 26.4 Å². The van der Waals surface area contributed by atoms with Crippen LogP contribution in [0.15, 0.2) is 24.3 Å². The van der Waals surface area contributed by atoms with Crippen LogP contribution in [0, 0.1) is 12.0 Å². The molecule has 1 rings (SSSR count). The van der Waals surface area contributed by atoms with Crippen molar-refractivity contribution in [2.24, 2.45) is 0 Å². The Morgan fingerprint density at radius 1 is 1.23 bits per heavy atom. The van der Waals surface area contributed by atoms with Gasteiger partial charge in [-0.1, -0.05) is 6.07 Å². The van der Waals surface area contributed by atoms with E-state index in [1.165, 1.54) is 13.0 Å². The molecule has 0 aromatic heterocycles. The van der Waals surface area contributed by atoms with Crippen LogP contribution in [0.1, 0.15) is 26.3 Å². The second-order valence-electron chi connectivity index (χ2n) is 5.31. The fourth-order valence-electron chi connectivity index (χ4n) is 1.59. The summed E-state index contributed by atoms with van der Waals surface area (Å²) in [5.41, 5.74) is -1.05. The summed E-state index contributed by atoms with van der Waals surface area (Å²) in [6, 6.07) is 3.58. The zero-order valence-corrected chi connectivity index (χ0v) is 14.9. The van der Waals surface area contributed by atoms with E-state index >= 15 is 0 Å². The predicted molar refractivity (Wildman–Crippen MR) is 87.1 cm³/mol. The largest absolute Gasteiger partial charge is 0.433 e. The van der Waals surface area contributed by atoms with Gasteiger partial charge in [0, 0.05) is 11.7 Å². The van der Waals surface area contributed by atoms with Crippen LogP contribution in [-0.4, -0.2) is 26.7 Å². The minimum absolute atomic E-state index is 0.120. The summed E-state index contributed by atoms with van der Waals surface area (Å²) in [4.78, 5) is 11.6. The highest BCUT2D eigenvalue weighted by molar-refractivity contribution is 7.84. The lowest BCUT2D eigenvalue weighted by Crippen LogP contribution is -2.30. The molecule has 0 saturated carbocycles. The first kappa shape index (κ1) is 21.6. The van der Waals surface area contributed by atoms with Crippen molar-refractivity contribution in [1.82, 2.24) is 4.72 Å². The number of halogens is 3. The maximum Gasteiger partial charge on any atom is 0.416 e. The van der Waals surface area contributed by atoms with Crippen molar-refractivity contribution < 1.29 is 35.3 Å². The van der Waals surface area contributed by atoms with Crippen molar-refractivity contribution in [2.45, 2.75) is 39.1 Å². The molecule has 0 radical (unpaired) electrons. The Kier molecular flexibility index (Phi) is 7.29. The van der Waals surface area contributed by atoms with Gasteiger partial charge in [-0.3, -0.25) is 5.32 Å². The third kappa shape index (κ3) is 8.09. The molecule has 1 aromatic rings. The van der Waals surface area contributed by atoms with Gasteiger partial charge in [0.2, 0.25) is 0 Å². The molecule has 0 bridgehead atoms. The number of hydrogen-bond acceptors (Lipinski definition) is 5. The number of carbonyl (C=O) groups excluding carboxylic acids is 1. The number of amides is 1. The van der Waals surface area contributed by atoms with E-state index in [1.807, 2.05) is 6.11 Å². The average Bonchev–Trinajstić information content (AvgIpc) is 2.44. The quantitative estimate of drug-likeness (QED) is 0.749. The first-order valence-electron chi connectivity index (χ1n) is 7.25. The highest BCUT2D eigenvalue weighted by Crippen LogP contribution is 2.30. The summed E-state index contributed by atoms with van der Waals surface area (Å²) in [5, 5.41) is 2.12. The van der Waals surface area contributed by atoms with Gasteiger partial charge in [-0.25, -0.2) is 4.79 Å². The highest BCUT2D eigenvalue weighted by atomic mass is 32.2. The number of benzene rings is 1. The smallest absolute Gasteiger partial charge is 0.416 e. The van der Waals surface area contributed by atoms with Gasteiger partial charge < -0.3 is 8.92 Å². The zero-order valence-electron chi connectivity index (χ0n) is 14.0. The molecule has 0 saturated heterocycles. The lowest BCUT2D eigenvalue weighted by Gasteiger charge is -2.11. The zero-order chi connectivity index (χ0) is 20.0. The van der Waals surface area contributed by atoms with Crippen molar-refractivity contribution in [3.05, 3.63) is 29.8 Å². The van der Waals surface area contributed by atoms with Gasteiger partial charge in [0.1, 0.15) is 6.11 Å². The molecule has 1 unspecified atom stereocenters. The van der Waals surface area contributed by atoms with Gasteiger partial charge in [0.25, 0.3) is 0 Å². The van der Waals surface area contributed by atoms with Crippen molar-refractivity contribution in [3.63, 3.8) is 0 Å². The van der Waals surface area contributed by atoms with Gasteiger partial charge in [-0.15, -0.1) is 0 Å². The van der Waals surface area contributed by atoms with Gasteiger partial charge in [-0.05, 0) is 44.9 Å². The average molecular weight is 394 g/mol. The molecule has 11 heteroatoms. The molecule has 2 N–H and O–H groups in total. The number of hydrogen-bond donors (Lipinski definition) is 2. The van der Waals surface area contributed by atoms with Crippen molar-refractivity contribution in [2.75, 3.05) is 5.32 Å². The third-order valence-corrected chi connectivity index (χ3v) is 3.58. The third-order valence-electron chi connectivity index (χ3n) is 2.51. The number of rotatable bonds is 5. The predicted octanol–water partition coefficient (Wildman–Crippen LogP) is 2.86. The molecule has 0 aliphatic rings. The summed E-state index contributed by atoms with van der Waals surface area (Å²) in [7, 11) is -4.06. The van der Waals surface area contributed by atoms with E-state index in [4.69, 9.17) is 4.74 Å². The van der Waals surface area contributed by atoms with Crippen molar-refractivity contribution >= 4 is 22.1 Å². The van der Waals surface area contributed by atoms with Gasteiger partial charge >= 0.3 is 22.6 Å². The van der Waals surface area contributed by atoms with E-state index in [0.29, 0.717) is 0 Å². The van der Waals surface area contributed by atoms with E-state index in [0.717, 1.165) is 18.2 Å². The van der Waals surface area contributed by atoms with Crippen LogP contribution < -0.4 is 10.0 Å². The standard InChI is InChI=1S/C15H17F3N2O5S/c1-10(2)20-26(22,23)24-8-7-11(3)25-14(21)19-13-6-4-5-12(9-13)15(16,17)18/h4-6,9-11,20H,1-3H3,(H,19,21). The van der Waals surface area contributed by atoms with Gasteiger partial charge in [0.15, 0.2) is 6.10 Å². The summed E-state index contributed by atoms with van der Waals surface area (Å²) < 4.78 is 71.7. The number of alkyl halides is 3. The Hall–Kier alpha value is -2.45. The molecular weight excluding hydrogens is 377 g/mol. The fourth-order valence-corrected chi connectivity index (χ4v) is 2.37. The molecule has 144 valence electrons. The lowest BCUT2D eigenvalue weighted by atomic mass is 10.2. The van der Waals surface area contributed by atoms with Crippen molar-refractivity contribution in [1.29, 1.82) is 0 Å². The monoisotopic (exact) mass is 394 g/mol. The maximum absolute atomic E-state index is 12.6. The molecule has 0 aliphatic carbocycles. The Balaban J connectivity index is 2.60. The first-order valence-corrected chi connectivity index (χ1v) is 8.66. The maximum atomic E-state index is 12.6. The molecule has 0 spiro atoms. The minimum Gasteiger partial charge on any atom is -0.433 e. The van der Waals surface area contributed by atoms with E-state index in [2.05, 4.69) is 20.1 Å². The second-order valence-corrected chi connectivity index (χ2v) is 6.62. The lowest BCUT2D eigenvalue weighted by molar-refractivity contribution is -0.137. The number of anilines is 1. The molecule has 7 nitrogen and oxygen atoms in total. The van der Waals surface area contributed by atoms with Crippen LogP contribution in [0.4, 0.5) is 23.7 Å². The van der Waals surface area contributed by atoms with Gasteiger partial charge in [0.05, 0.1) is 5.56 Å². The summed E-state index contributed by atoms with van der Waals surface area (Å²) in [6.45, 7) is 4.49. The van der Waals surface area contributed by atoms with Crippen molar-refractivity contribution in [3.8, 4) is 12.0 Å². The minimum atomic E-state index is -4.55. The molecule has 26 heavy (non-hydrogen) atoms. The number of nitrogens with one attached hydrogen (secondary N) is 2.